The lowest BCUT2D eigenvalue weighted by atomic mass is 10.0. The van der Waals surface area contributed by atoms with Crippen LogP contribution in [-0.2, 0) is 20.7 Å². The molecule has 1 heterocycles. The highest BCUT2D eigenvalue weighted by Crippen LogP contribution is 2.26. The molecular formula is C20H32N2O3. The molecule has 0 aliphatic carbocycles. The third kappa shape index (κ3) is 5.27. The average Bonchev–Trinajstić information content (AvgIpc) is 2.55. The van der Waals surface area contributed by atoms with Gasteiger partial charge in [0.1, 0.15) is 6.73 Å². The summed E-state index contributed by atoms with van der Waals surface area (Å²) in [6, 6.07) is 6.19. The highest BCUT2D eigenvalue weighted by molar-refractivity contribution is 5.96. The molecule has 2 unspecified atom stereocenters. The Labute approximate surface area is 151 Å². The van der Waals surface area contributed by atoms with Gasteiger partial charge >= 0.3 is 0 Å². The summed E-state index contributed by atoms with van der Waals surface area (Å²) in [6.07, 6.45) is 1.20. The Morgan fingerprint density at radius 2 is 1.96 bits per heavy atom. The highest BCUT2D eigenvalue weighted by Gasteiger charge is 2.27. The summed E-state index contributed by atoms with van der Waals surface area (Å²) < 4.78 is 11.4. The summed E-state index contributed by atoms with van der Waals surface area (Å²) in [5, 5.41) is 0. The van der Waals surface area contributed by atoms with Crippen LogP contribution >= 0.6 is 0 Å². The van der Waals surface area contributed by atoms with Gasteiger partial charge in [-0.1, -0.05) is 25.1 Å². The molecule has 0 saturated carbocycles. The molecule has 0 aromatic heterocycles. The highest BCUT2D eigenvalue weighted by atomic mass is 16.5. The molecule has 0 N–H and O–H groups in total. The van der Waals surface area contributed by atoms with Gasteiger partial charge in [0, 0.05) is 19.7 Å². The molecule has 5 nitrogen and oxygen atoms in total. The van der Waals surface area contributed by atoms with Crippen LogP contribution in [0.4, 0.5) is 5.69 Å². The lowest BCUT2D eigenvalue weighted by Gasteiger charge is -2.36. The maximum atomic E-state index is 13.1. The molecule has 1 fully saturated rings. The van der Waals surface area contributed by atoms with Crippen molar-refractivity contribution >= 4 is 11.6 Å². The maximum absolute atomic E-state index is 13.1. The molecule has 1 aromatic carbocycles. The Hall–Kier alpha value is -1.43. The van der Waals surface area contributed by atoms with Crippen molar-refractivity contribution < 1.29 is 14.3 Å². The number of ether oxygens (including phenoxy) is 2. The fraction of sp³-hybridized carbons (Fsp3) is 0.650. The number of rotatable bonds is 7. The van der Waals surface area contributed by atoms with Gasteiger partial charge in [0.15, 0.2) is 0 Å². The van der Waals surface area contributed by atoms with Crippen LogP contribution in [-0.4, -0.2) is 56.0 Å². The molecule has 25 heavy (non-hydrogen) atoms. The molecule has 2 atom stereocenters. The van der Waals surface area contributed by atoms with Gasteiger partial charge in [0.25, 0.3) is 0 Å². The summed E-state index contributed by atoms with van der Waals surface area (Å²) in [4.78, 5) is 17.1. The third-order valence-electron chi connectivity index (χ3n) is 4.55. The first-order chi connectivity index (χ1) is 12.0. The summed E-state index contributed by atoms with van der Waals surface area (Å²) in [6.45, 7) is 13.1. The van der Waals surface area contributed by atoms with Gasteiger partial charge in [-0.25, -0.2) is 0 Å². The van der Waals surface area contributed by atoms with Crippen molar-refractivity contribution in [3.63, 3.8) is 0 Å². The zero-order chi connectivity index (χ0) is 18.4. The van der Waals surface area contributed by atoms with Crippen LogP contribution in [0.25, 0.3) is 0 Å². The number of aryl methyl sites for hydroxylation is 2. The number of hydrogen-bond acceptors (Lipinski definition) is 4. The predicted molar refractivity (Wildman–Crippen MR) is 101 cm³/mol. The normalized spacial score (nSPS) is 21.3. The van der Waals surface area contributed by atoms with Crippen LogP contribution < -0.4 is 4.90 Å². The molecule has 1 aliphatic rings. The van der Waals surface area contributed by atoms with Crippen molar-refractivity contribution in [2.75, 3.05) is 37.9 Å². The largest absolute Gasteiger partial charge is 0.373 e. The molecule has 0 radical (unpaired) electrons. The number of para-hydroxylation sites is 1. The monoisotopic (exact) mass is 348 g/mol. The van der Waals surface area contributed by atoms with E-state index >= 15 is 0 Å². The Kier molecular flexibility index (Phi) is 7.41. The molecule has 1 saturated heterocycles. The Balaban J connectivity index is 2.21. The van der Waals surface area contributed by atoms with E-state index in [0.29, 0.717) is 19.9 Å². The number of morpholine rings is 1. The summed E-state index contributed by atoms with van der Waals surface area (Å²) in [5.41, 5.74) is 3.28. The fourth-order valence-corrected chi connectivity index (χ4v) is 3.53. The maximum Gasteiger partial charge on any atom is 0.243 e. The number of nitrogens with zero attached hydrogens (tertiary/aromatic N) is 2. The third-order valence-corrected chi connectivity index (χ3v) is 4.55. The van der Waals surface area contributed by atoms with Crippen molar-refractivity contribution in [2.45, 2.75) is 53.2 Å². The predicted octanol–water partition coefficient (Wildman–Crippen LogP) is 2.99. The molecule has 1 amide bonds. The second-order valence-corrected chi connectivity index (χ2v) is 6.83. The van der Waals surface area contributed by atoms with Crippen LogP contribution in [0.15, 0.2) is 18.2 Å². The molecule has 140 valence electrons. The zero-order valence-corrected chi connectivity index (χ0v) is 16.2. The molecule has 2 rings (SSSR count). The second kappa shape index (κ2) is 9.32. The lowest BCUT2D eigenvalue weighted by Crippen LogP contribution is -2.50. The van der Waals surface area contributed by atoms with Crippen LogP contribution in [0.1, 0.15) is 38.8 Å². The van der Waals surface area contributed by atoms with E-state index in [9.17, 15) is 4.79 Å². The second-order valence-electron chi connectivity index (χ2n) is 6.83. The van der Waals surface area contributed by atoms with Crippen molar-refractivity contribution in [1.29, 1.82) is 0 Å². The summed E-state index contributed by atoms with van der Waals surface area (Å²) >= 11 is 0. The number of carbonyl (C=O) groups excluding carboxylic acids is 1. The molecule has 0 spiro atoms. The van der Waals surface area contributed by atoms with E-state index in [-0.39, 0.29) is 18.1 Å². The molecule has 0 bridgehead atoms. The molecular weight excluding hydrogens is 316 g/mol. The average molecular weight is 348 g/mol. The number of amides is 1. The molecule has 1 aromatic rings. The van der Waals surface area contributed by atoms with Crippen LogP contribution in [0, 0.1) is 6.92 Å². The zero-order valence-electron chi connectivity index (χ0n) is 16.2. The van der Waals surface area contributed by atoms with Gasteiger partial charge < -0.3 is 9.47 Å². The topological polar surface area (TPSA) is 42.0 Å². The first-order valence-corrected chi connectivity index (χ1v) is 9.30. The Bertz CT molecular complexity index is 566. The van der Waals surface area contributed by atoms with E-state index < -0.39 is 0 Å². The summed E-state index contributed by atoms with van der Waals surface area (Å²) in [5.74, 6) is 0.0822. The number of anilines is 1. The minimum absolute atomic E-state index is 0.0822. The van der Waals surface area contributed by atoms with Crippen LogP contribution in [0.5, 0.6) is 0 Å². The van der Waals surface area contributed by atoms with E-state index in [0.717, 1.165) is 30.8 Å². The van der Waals surface area contributed by atoms with Crippen molar-refractivity contribution in [2.24, 2.45) is 0 Å². The van der Waals surface area contributed by atoms with Gasteiger partial charge in [0.2, 0.25) is 5.91 Å². The number of benzene rings is 1. The van der Waals surface area contributed by atoms with E-state index in [4.69, 9.17) is 9.47 Å². The van der Waals surface area contributed by atoms with Crippen LogP contribution in [0.3, 0.4) is 0 Å². The van der Waals surface area contributed by atoms with E-state index in [1.807, 2.05) is 17.9 Å². The minimum Gasteiger partial charge on any atom is -0.373 e. The van der Waals surface area contributed by atoms with Gasteiger partial charge in [-0.2, -0.15) is 0 Å². The van der Waals surface area contributed by atoms with E-state index in [1.165, 1.54) is 5.56 Å². The quantitative estimate of drug-likeness (QED) is 0.711. The Morgan fingerprint density at radius 3 is 2.56 bits per heavy atom. The van der Waals surface area contributed by atoms with E-state index in [1.54, 1.807) is 0 Å². The summed E-state index contributed by atoms with van der Waals surface area (Å²) in [7, 11) is 0. The van der Waals surface area contributed by atoms with Gasteiger partial charge in [-0.15, -0.1) is 0 Å². The standard InChI is InChI=1S/C20H32N2O3/c1-6-18-10-8-9-15(3)20(18)22(14-24-7-2)19(23)13-21-11-16(4)25-17(5)12-21/h8-10,16-17H,6-7,11-14H2,1-5H3. The van der Waals surface area contributed by atoms with Crippen molar-refractivity contribution in [3.05, 3.63) is 29.3 Å². The smallest absolute Gasteiger partial charge is 0.243 e. The van der Waals surface area contributed by atoms with Crippen molar-refractivity contribution in [3.8, 4) is 0 Å². The first-order valence-electron chi connectivity index (χ1n) is 9.30. The number of hydrogen-bond donors (Lipinski definition) is 0. The SMILES string of the molecule is CCOCN(C(=O)CN1CC(C)OC(C)C1)c1c(C)cccc1CC. The Morgan fingerprint density at radius 1 is 1.28 bits per heavy atom. The van der Waals surface area contributed by atoms with E-state index in [2.05, 4.69) is 44.7 Å². The van der Waals surface area contributed by atoms with Gasteiger partial charge in [-0.05, 0) is 45.2 Å². The molecule has 5 heteroatoms. The molecule has 1 aliphatic heterocycles. The first kappa shape index (κ1) is 19.9. The van der Waals surface area contributed by atoms with Gasteiger partial charge in [-0.3, -0.25) is 14.6 Å². The lowest BCUT2D eigenvalue weighted by molar-refractivity contribution is -0.124. The minimum atomic E-state index is 0.0822. The van der Waals surface area contributed by atoms with Crippen LogP contribution in [0.2, 0.25) is 0 Å². The fourth-order valence-electron chi connectivity index (χ4n) is 3.53. The van der Waals surface area contributed by atoms with Gasteiger partial charge in [0.05, 0.1) is 24.4 Å². The number of carbonyl (C=O) groups is 1. The van der Waals surface area contributed by atoms with Crippen molar-refractivity contribution in [1.82, 2.24) is 4.90 Å².